The summed E-state index contributed by atoms with van der Waals surface area (Å²) in [6, 6.07) is 12.4. The van der Waals surface area contributed by atoms with Gasteiger partial charge in [-0.25, -0.2) is 4.39 Å². The first-order chi connectivity index (χ1) is 11.1. The number of carbonyl (C=O) groups is 1. The topological polar surface area (TPSA) is 50.5 Å². The molecular formula is C18H12FNO3. The van der Waals surface area contributed by atoms with Gasteiger partial charge in [0.2, 0.25) is 5.76 Å². The Hall–Kier alpha value is -2.95. The van der Waals surface area contributed by atoms with E-state index >= 15 is 0 Å². The molecule has 4 nitrogen and oxygen atoms in total. The molecule has 114 valence electrons. The highest BCUT2D eigenvalue weighted by molar-refractivity contribution is 5.98. The first-order valence-corrected chi connectivity index (χ1v) is 7.16. The van der Waals surface area contributed by atoms with E-state index in [0.717, 1.165) is 11.6 Å². The highest BCUT2D eigenvalue weighted by Gasteiger charge is 2.40. The number of fused-ring (bicyclic) bond motifs is 2. The molecule has 0 unspecified atom stereocenters. The Morgan fingerprint density at radius 2 is 1.83 bits per heavy atom. The van der Waals surface area contributed by atoms with Gasteiger partial charge in [0.05, 0.1) is 17.0 Å². The van der Waals surface area contributed by atoms with Crippen LogP contribution in [0.5, 0.6) is 0 Å². The first kappa shape index (κ1) is 13.7. The van der Waals surface area contributed by atoms with Crippen LogP contribution in [0.1, 0.15) is 27.7 Å². The van der Waals surface area contributed by atoms with Gasteiger partial charge < -0.3 is 9.32 Å². The average molecular weight is 309 g/mol. The molecule has 2 heterocycles. The summed E-state index contributed by atoms with van der Waals surface area (Å²) in [7, 11) is 1.63. The normalized spacial score (nSPS) is 16.9. The highest BCUT2D eigenvalue weighted by atomic mass is 19.1. The third-order valence-corrected chi connectivity index (χ3v) is 4.18. The van der Waals surface area contributed by atoms with Gasteiger partial charge in [-0.15, -0.1) is 0 Å². The number of hydrogen-bond donors (Lipinski definition) is 0. The Morgan fingerprint density at radius 1 is 1.09 bits per heavy atom. The molecule has 23 heavy (non-hydrogen) atoms. The quantitative estimate of drug-likeness (QED) is 0.694. The summed E-state index contributed by atoms with van der Waals surface area (Å²) >= 11 is 0. The van der Waals surface area contributed by atoms with Crippen LogP contribution in [0.3, 0.4) is 0 Å². The van der Waals surface area contributed by atoms with Crippen molar-refractivity contribution in [3.05, 3.63) is 81.5 Å². The van der Waals surface area contributed by atoms with Crippen molar-refractivity contribution in [1.82, 2.24) is 4.90 Å². The van der Waals surface area contributed by atoms with Crippen LogP contribution < -0.4 is 5.43 Å². The van der Waals surface area contributed by atoms with Gasteiger partial charge in [0, 0.05) is 7.05 Å². The monoisotopic (exact) mass is 309 g/mol. The minimum Gasteiger partial charge on any atom is -0.450 e. The predicted molar refractivity (Wildman–Crippen MR) is 82.8 cm³/mol. The van der Waals surface area contributed by atoms with Crippen LogP contribution in [-0.4, -0.2) is 17.9 Å². The second-order valence-corrected chi connectivity index (χ2v) is 5.54. The smallest absolute Gasteiger partial charge is 0.290 e. The third-order valence-electron chi connectivity index (χ3n) is 4.18. The van der Waals surface area contributed by atoms with Gasteiger partial charge in [0.25, 0.3) is 5.91 Å². The maximum absolute atomic E-state index is 13.5. The zero-order valence-corrected chi connectivity index (χ0v) is 12.2. The third kappa shape index (κ3) is 1.90. The van der Waals surface area contributed by atoms with Crippen molar-refractivity contribution in [2.75, 3.05) is 7.05 Å². The summed E-state index contributed by atoms with van der Waals surface area (Å²) in [6.45, 7) is 0. The second kappa shape index (κ2) is 4.78. The first-order valence-electron chi connectivity index (χ1n) is 7.16. The van der Waals surface area contributed by atoms with Crippen LogP contribution in [0.15, 0.2) is 57.7 Å². The molecule has 0 spiro atoms. The van der Waals surface area contributed by atoms with E-state index < -0.39 is 11.9 Å². The molecule has 3 aromatic rings. The fraction of sp³-hybridized carbons (Fsp3) is 0.111. The fourth-order valence-corrected chi connectivity index (χ4v) is 3.09. The molecule has 2 aromatic carbocycles. The molecule has 0 aliphatic carbocycles. The van der Waals surface area contributed by atoms with E-state index in [-0.39, 0.29) is 33.6 Å². The van der Waals surface area contributed by atoms with Gasteiger partial charge in [-0.05, 0) is 23.8 Å². The van der Waals surface area contributed by atoms with Gasteiger partial charge in [0.1, 0.15) is 11.4 Å². The minimum absolute atomic E-state index is 0.0328. The molecule has 1 amide bonds. The maximum Gasteiger partial charge on any atom is 0.290 e. The lowest BCUT2D eigenvalue weighted by Gasteiger charge is -2.20. The van der Waals surface area contributed by atoms with Crippen molar-refractivity contribution < 1.29 is 13.6 Å². The van der Waals surface area contributed by atoms with E-state index in [0.29, 0.717) is 0 Å². The van der Waals surface area contributed by atoms with Crippen LogP contribution >= 0.6 is 0 Å². The largest absolute Gasteiger partial charge is 0.450 e. The fourth-order valence-electron chi connectivity index (χ4n) is 3.09. The van der Waals surface area contributed by atoms with E-state index in [4.69, 9.17) is 4.42 Å². The molecule has 0 fully saturated rings. The van der Waals surface area contributed by atoms with E-state index in [1.807, 2.05) is 30.3 Å². The lowest BCUT2D eigenvalue weighted by atomic mass is 9.99. The van der Waals surface area contributed by atoms with Crippen LogP contribution in [-0.2, 0) is 0 Å². The summed E-state index contributed by atoms with van der Waals surface area (Å²) in [5, 5.41) is 0.146. The van der Waals surface area contributed by atoms with Crippen molar-refractivity contribution >= 4 is 16.9 Å². The molecule has 0 N–H and O–H groups in total. The lowest BCUT2D eigenvalue weighted by molar-refractivity contribution is 0.0771. The summed E-state index contributed by atoms with van der Waals surface area (Å²) < 4.78 is 19.1. The van der Waals surface area contributed by atoms with Gasteiger partial charge in [-0.2, -0.15) is 0 Å². The molecule has 5 heteroatoms. The average Bonchev–Trinajstić information content (AvgIpc) is 2.81. The van der Waals surface area contributed by atoms with E-state index in [1.165, 1.54) is 17.0 Å². The predicted octanol–water partition coefficient (Wildman–Crippen LogP) is 3.11. The Labute approximate surface area is 130 Å². The number of carbonyl (C=O) groups excluding carboxylic acids is 1. The summed E-state index contributed by atoms with van der Waals surface area (Å²) in [5.74, 6) is -0.832. The lowest BCUT2D eigenvalue weighted by Crippen LogP contribution is -2.25. The Bertz CT molecular complexity index is 994. The zero-order chi connectivity index (χ0) is 16.1. The SMILES string of the molecule is CN1C(=O)c2oc3ccc(F)cc3c(=O)c2[C@H]1c1ccccc1. The molecule has 0 bridgehead atoms. The Balaban J connectivity index is 2.06. The number of hydrogen-bond acceptors (Lipinski definition) is 3. The molecule has 1 aliphatic heterocycles. The van der Waals surface area contributed by atoms with Crippen molar-refractivity contribution in [3.63, 3.8) is 0 Å². The van der Waals surface area contributed by atoms with Gasteiger partial charge in [0.15, 0.2) is 5.43 Å². The van der Waals surface area contributed by atoms with E-state index in [2.05, 4.69) is 0 Å². The van der Waals surface area contributed by atoms with Crippen molar-refractivity contribution in [1.29, 1.82) is 0 Å². The van der Waals surface area contributed by atoms with Crippen LogP contribution in [0.4, 0.5) is 4.39 Å². The van der Waals surface area contributed by atoms with E-state index in [1.54, 1.807) is 7.05 Å². The van der Waals surface area contributed by atoms with Crippen LogP contribution in [0.25, 0.3) is 11.0 Å². The summed E-state index contributed by atoms with van der Waals surface area (Å²) in [6.07, 6.45) is 0. The number of benzene rings is 2. The molecule has 1 aliphatic rings. The number of rotatable bonds is 1. The highest BCUT2D eigenvalue weighted by Crippen LogP contribution is 2.36. The minimum atomic E-state index is -0.525. The molecule has 4 rings (SSSR count). The maximum atomic E-state index is 13.5. The van der Waals surface area contributed by atoms with Crippen LogP contribution in [0.2, 0.25) is 0 Å². The Kier molecular flexibility index (Phi) is 2.84. The number of nitrogens with zero attached hydrogens (tertiary/aromatic N) is 1. The molecule has 0 saturated heterocycles. The van der Waals surface area contributed by atoms with Gasteiger partial charge in [-0.1, -0.05) is 30.3 Å². The molecule has 1 aromatic heterocycles. The molecule has 1 atom stereocenters. The second-order valence-electron chi connectivity index (χ2n) is 5.54. The standard InChI is InChI=1S/C18H12FNO3/c1-20-15(10-5-3-2-4-6-10)14-16(21)12-9-11(19)7-8-13(12)23-17(14)18(20)22/h2-9,15H,1H3/t15-/m1/s1. The van der Waals surface area contributed by atoms with Crippen molar-refractivity contribution in [2.45, 2.75) is 6.04 Å². The molecular weight excluding hydrogens is 297 g/mol. The van der Waals surface area contributed by atoms with E-state index in [9.17, 15) is 14.0 Å². The number of amides is 1. The van der Waals surface area contributed by atoms with Gasteiger partial charge >= 0.3 is 0 Å². The molecule has 0 radical (unpaired) electrons. The van der Waals surface area contributed by atoms with Crippen molar-refractivity contribution in [3.8, 4) is 0 Å². The van der Waals surface area contributed by atoms with Crippen LogP contribution in [0, 0.1) is 5.82 Å². The zero-order valence-electron chi connectivity index (χ0n) is 12.2. The Morgan fingerprint density at radius 3 is 2.57 bits per heavy atom. The summed E-state index contributed by atoms with van der Waals surface area (Å²) in [5.41, 5.74) is 0.921. The summed E-state index contributed by atoms with van der Waals surface area (Å²) in [4.78, 5) is 26.8. The number of halogens is 1. The van der Waals surface area contributed by atoms with Gasteiger partial charge in [-0.3, -0.25) is 9.59 Å². The molecule has 0 saturated carbocycles. The van der Waals surface area contributed by atoms with Crippen molar-refractivity contribution in [2.24, 2.45) is 0 Å².